The lowest BCUT2D eigenvalue weighted by Gasteiger charge is -2.39. The minimum absolute atomic E-state index is 0.0935. The number of benzene rings is 2. The van der Waals surface area contributed by atoms with Crippen LogP contribution in [0.2, 0.25) is 0 Å². The van der Waals surface area contributed by atoms with Gasteiger partial charge in [0, 0.05) is 11.6 Å². The zero-order valence-corrected chi connectivity index (χ0v) is 17.1. The van der Waals surface area contributed by atoms with Crippen molar-refractivity contribution in [3.05, 3.63) is 46.8 Å². The number of carbonyl (C=O) groups excluding carboxylic acids is 1. The molecule has 156 valence electrons. The van der Waals surface area contributed by atoms with Gasteiger partial charge in [-0.05, 0) is 38.1 Å². The molecule has 0 fully saturated rings. The van der Waals surface area contributed by atoms with Gasteiger partial charge in [-0.3, -0.25) is 4.79 Å². The molecule has 0 aliphatic carbocycles. The first-order chi connectivity index (χ1) is 14.3. The maximum Gasteiger partial charge on any atom is 0.178 e. The van der Waals surface area contributed by atoms with Crippen molar-refractivity contribution in [3.8, 4) is 28.7 Å². The molecule has 0 saturated carbocycles. The molecule has 6 nitrogen and oxygen atoms in total. The Labute approximate surface area is 173 Å². The maximum atomic E-state index is 14.9. The van der Waals surface area contributed by atoms with Crippen molar-refractivity contribution in [2.75, 3.05) is 20.8 Å². The summed E-state index contributed by atoms with van der Waals surface area (Å²) in [6.07, 6.45) is 3.02. The predicted molar refractivity (Wildman–Crippen MR) is 107 cm³/mol. The molecule has 0 spiro atoms. The molecular weight excluding hydrogens is 391 g/mol. The van der Waals surface area contributed by atoms with Crippen molar-refractivity contribution in [1.29, 1.82) is 0 Å². The summed E-state index contributed by atoms with van der Waals surface area (Å²) in [5.41, 5.74) is 0.620. The molecule has 2 aromatic carbocycles. The second-order valence-electron chi connectivity index (χ2n) is 8.07. The molecule has 0 radical (unpaired) electrons. The van der Waals surface area contributed by atoms with Gasteiger partial charge in [0.1, 0.15) is 29.8 Å². The summed E-state index contributed by atoms with van der Waals surface area (Å²) < 4.78 is 43.4. The Morgan fingerprint density at radius 3 is 2.57 bits per heavy atom. The third kappa shape index (κ3) is 2.65. The van der Waals surface area contributed by atoms with Gasteiger partial charge in [-0.25, -0.2) is 4.39 Å². The van der Waals surface area contributed by atoms with E-state index in [1.807, 2.05) is 19.9 Å². The number of carbonyl (C=O) groups is 1. The Balaban J connectivity index is 1.64. The summed E-state index contributed by atoms with van der Waals surface area (Å²) in [5, 5.41) is 0. The Bertz CT molecular complexity index is 1100. The molecule has 0 saturated heterocycles. The molecule has 2 unspecified atom stereocenters. The lowest BCUT2D eigenvalue weighted by atomic mass is 9.81. The number of fused-ring (bicyclic) bond motifs is 6. The minimum atomic E-state index is -0.647. The van der Waals surface area contributed by atoms with Gasteiger partial charge < -0.3 is 23.7 Å². The summed E-state index contributed by atoms with van der Waals surface area (Å²) in [6.45, 7) is 3.85. The van der Waals surface area contributed by atoms with E-state index >= 15 is 0 Å². The average molecular weight is 412 g/mol. The van der Waals surface area contributed by atoms with Crippen LogP contribution in [0.3, 0.4) is 0 Å². The molecule has 0 bridgehead atoms. The first kappa shape index (κ1) is 18.8. The number of ether oxygens (including phenoxy) is 5. The zero-order chi connectivity index (χ0) is 21.2. The predicted octanol–water partition coefficient (Wildman–Crippen LogP) is 4.15. The highest BCUT2D eigenvalue weighted by Gasteiger charge is 2.45. The second-order valence-corrected chi connectivity index (χ2v) is 8.07. The maximum absolute atomic E-state index is 14.9. The van der Waals surface area contributed by atoms with Gasteiger partial charge >= 0.3 is 0 Å². The summed E-state index contributed by atoms with van der Waals surface area (Å²) in [5.74, 6) is 0.488. The number of methoxy groups -OCH3 is 2. The highest BCUT2D eigenvalue weighted by atomic mass is 19.1. The first-order valence-electron chi connectivity index (χ1n) is 9.67. The number of halogens is 1. The lowest BCUT2D eigenvalue weighted by molar-refractivity contribution is 0.0550. The zero-order valence-electron chi connectivity index (χ0n) is 17.1. The van der Waals surface area contributed by atoms with Gasteiger partial charge in [0.05, 0.1) is 31.3 Å². The number of rotatable bonds is 2. The Hall–Kier alpha value is -3.22. The molecule has 3 aliphatic rings. The van der Waals surface area contributed by atoms with Crippen LogP contribution in [-0.4, -0.2) is 38.3 Å². The fourth-order valence-corrected chi connectivity index (χ4v) is 4.22. The van der Waals surface area contributed by atoms with Crippen LogP contribution in [-0.2, 0) is 0 Å². The molecule has 7 heteroatoms. The summed E-state index contributed by atoms with van der Waals surface area (Å²) in [7, 11) is 3.05. The van der Waals surface area contributed by atoms with Crippen molar-refractivity contribution in [2.24, 2.45) is 0 Å². The average Bonchev–Trinajstić information content (AvgIpc) is 2.73. The Morgan fingerprint density at radius 1 is 1.10 bits per heavy atom. The van der Waals surface area contributed by atoms with Gasteiger partial charge in [-0.2, -0.15) is 0 Å². The van der Waals surface area contributed by atoms with Crippen LogP contribution in [0.15, 0.2) is 24.3 Å². The van der Waals surface area contributed by atoms with E-state index < -0.39 is 23.4 Å². The van der Waals surface area contributed by atoms with Gasteiger partial charge in [0.15, 0.2) is 28.8 Å². The number of hydrogen-bond donors (Lipinski definition) is 0. The molecule has 0 N–H and O–H groups in total. The molecule has 2 aromatic rings. The van der Waals surface area contributed by atoms with Gasteiger partial charge in [-0.1, -0.05) is 0 Å². The second kappa shape index (κ2) is 6.39. The molecule has 2 atom stereocenters. The Kier molecular flexibility index (Phi) is 4.00. The molecule has 30 heavy (non-hydrogen) atoms. The van der Waals surface area contributed by atoms with Gasteiger partial charge in [0.25, 0.3) is 0 Å². The van der Waals surface area contributed by atoms with Crippen molar-refractivity contribution in [2.45, 2.75) is 31.5 Å². The van der Waals surface area contributed by atoms with Crippen LogP contribution in [0, 0.1) is 5.82 Å². The highest BCUT2D eigenvalue weighted by Crippen LogP contribution is 2.50. The number of Topliss-reactive ketones (excluding diaryl/α,β-unsaturated/α-hetero) is 1. The monoisotopic (exact) mass is 412 g/mol. The van der Waals surface area contributed by atoms with E-state index in [4.69, 9.17) is 23.7 Å². The lowest BCUT2D eigenvalue weighted by Crippen LogP contribution is -2.43. The molecule has 3 heterocycles. The molecule has 0 amide bonds. The van der Waals surface area contributed by atoms with E-state index in [9.17, 15) is 9.18 Å². The smallest absolute Gasteiger partial charge is 0.178 e. The van der Waals surface area contributed by atoms with Crippen molar-refractivity contribution >= 4 is 11.9 Å². The van der Waals surface area contributed by atoms with Crippen molar-refractivity contribution in [1.82, 2.24) is 0 Å². The molecule has 0 aromatic heterocycles. The fourth-order valence-electron chi connectivity index (χ4n) is 4.22. The molecular formula is C23H21FO6. The van der Waals surface area contributed by atoms with Crippen LogP contribution in [0.25, 0.3) is 6.08 Å². The topological polar surface area (TPSA) is 63.2 Å². The van der Waals surface area contributed by atoms with Crippen LogP contribution >= 0.6 is 0 Å². The van der Waals surface area contributed by atoms with Crippen molar-refractivity contribution in [3.63, 3.8) is 0 Å². The van der Waals surface area contributed by atoms with Crippen LogP contribution in [0.5, 0.6) is 28.7 Å². The van der Waals surface area contributed by atoms with E-state index in [-0.39, 0.29) is 23.7 Å². The van der Waals surface area contributed by atoms with E-state index in [1.54, 1.807) is 18.2 Å². The Morgan fingerprint density at radius 2 is 1.83 bits per heavy atom. The summed E-state index contributed by atoms with van der Waals surface area (Å²) in [4.78, 5) is 13.5. The van der Waals surface area contributed by atoms with Gasteiger partial charge in [0.2, 0.25) is 0 Å². The quantitative estimate of drug-likeness (QED) is 0.739. The van der Waals surface area contributed by atoms with Crippen LogP contribution in [0.1, 0.15) is 41.3 Å². The first-order valence-corrected chi connectivity index (χ1v) is 9.67. The van der Waals surface area contributed by atoms with E-state index in [1.165, 1.54) is 20.3 Å². The fraction of sp³-hybridized carbons (Fsp3) is 0.348. The third-order valence-corrected chi connectivity index (χ3v) is 5.68. The van der Waals surface area contributed by atoms with Crippen LogP contribution < -0.4 is 23.7 Å². The summed E-state index contributed by atoms with van der Waals surface area (Å²) in [6, 6.07) is 4.62. The minimum Gasteiger partial charge on any atom is -0.493 e. The largest absolute Gasteiger partial charge is 0.493 e. The molecule has 5 rings (SSSR count). The van der Waals surface area contributed by atoms with Gasteiger partial charge in [-0.15, -0.1) is 0 Å². The number of ketones is 1. The SMILES string of the molecule is COc1cc2c(cc1OC)C1C(=O)c3cc(F)c4c(c3OC1CO2)C=CC(C)(C)O4. The normalized spacial score (nSPS) is 22.4. The molecule has 3 aliphatic heterocycles. The van der Waals surface area contributed by atoms with Crippen molar-refractivity contribution < 1.29 is 32.9 Å². The standard InChI is InChI=1S/C23H21FO6/c1-23(2)6-5-11-21-13(7-14(24)22(11)30-23)20(25)19-12-8-16(26-3)17(27-4)9-15(12)28-10-18(19)29-21/h5-9,18-19H,10H2,1-4H3. The highest BCUT2D eigenvalue weighted by molar-refractivity contribution is 6.06. The van der Waals surface area contributed by atoms with E-state index in [0.717, 1.165) is 0 Å². The van der Waals surface area contributed by atoms with Crippen LogP contribution in [0.4, 0.5) is 4.39 Å². The summed E-state index contributed by atoms with van der Waals surface area (Å²) >= 11 is 0. The third-order valence-electron chi connectivity index (χ3n) is 5.68. The number of hydrogen-bond acceptors (Lipinski definition) is 6. The van der Waals surface area contributed by atoms with E-state index in [0.29, 0.717) is 34.1 Å². The van der Waals surface area contributed by atoms with E-state index in [2.05, 4.69) is 0 Å².